The second kappa shape index (κ2) is 70.6. The normalized spacial score (nSPS) is 11.1. The first-order valence-electron chi connectivity index (χ1n) is 47.2. The molecule has 682 valence electrons. The predicted octanol–water partition coefficient (Wildman–Crippen LogP) is 25.6. The molecule has 2 aromatic rings. The third-order valence-corrected chi connectivity index (χ3v) is 20.4. The number of hydrogen-bond donors (Lipinski definition) is 0. The molecular formula is C96H154O24. The van der Waals surface area contributed by atoms with Crippen molar-refractivity contribution in [1.82, 2.24) is 0 Å². The summed E-state index contributed by atoms with van der Waals surface area (Å²) in [5, 5.41) is 0. The van der Waals surface area contributed by atoms with E-state index in [1.54, 1.807) is 0 Å². The molecule has 0 aliphatic heterocycles. The highest BCUT2D eigenvalue weighted by molar-refractivity contribution is 5.93. The second-order valence-electron chi connectivity index (χ2n) is 31.8. The molecule has 0 unspecified atom stereocenters. The Morgan fingerprint density at radius 3 is 0.258 bits per heavy atom. The summed E-state index contributed by atoms with van der Waals surface area (Å²) in [5.74, 6) is -17.6. The van der Waals surface area contributed by atoms with Gasteiger partial charge in [0.25, 0.3) is 0 Å². The van der Waals surface area contributed by atoms with Gasteiger partial charge in [-0.1, -0.05) is 313 Å². The maximum absolute atomic E-state index is 14.4. The molecule has 0 atom stereocenters. The lowest BCUT2D eigenvalue weighted by atomic mass is 10.1. The number of carbonyl (C=O) groups excluding carboxylic acids is 12. The van der Waals surface area contributed by atoms with E-state index in [0.717, 1.165) is 167 Å². The molecule has 0 aromatic heterocycles. The molecular weight excluding hydrogens is 1540 g/mol. The summed E-state index contributed by atoms with van der Waals surface area (Å²) in [6.07, 6.45) is 33.4. The highest BCUT2D eigenvalue weighted by Crippen LogP contribution is 2.61. The van der Waals surface area contributed by atoms with Crippen LogP contribution in [0.1, 0.15) is 467 Å². The number of carbonyl (C=O) groups is 12. The van der Waals surface area contributed by atoms with E-state index < -0.39 is 141 Å². The minimum Gasteiger partial charge on any atom is -0.418 e. The largest absolute Gasteiger partial charge is 0.418 e. The first-order valence-corrected chi connectivity index (χ1v) is 47.2. The van der Waals surface area contributed by atoms with Crippen molar-refractivity contribution < 1.29 is 114 Å². The van der Waals surface area contributed by atoms with Crippen molar-refractivity contribution in [1.29, 1.82) is 0 Å². The Balaban J connectivity index is 2.66. The summed E-state index contributed by atoms with van der Waals surface area (Å²) in [5.41, 5.74) is 0. The Morgan fingerprint density at radius 2 is 0.183 bits per heavy atom. The molecule has 0 bridgehead atoms. The third kappa shape index (κ3) is 49.2. The Bertz CT molecular complexity index is 2930. The average molecular weight is 1690 g/mol. The van der Waals surface area contributed by atoms with Crippen LogP contribution in [0.4, 0.5) is 0 Å². The van der Waals surface area contributed by atoms with Crippen LogP contribution in [0.25, 0.3) is 0 Å². The Morgan fingerprint density at radius 1 is 0.117 bits per heavy atom. The van der Waals surface area contributed by atoms with Gasteiger partial charge in [-0.2, -0.15) is 0 Å². The van der Waals surface area contributed by atoms with Crippen molar-refractivity contribution in [3.63, 3.8) is 0 Å². The molecule has 0 spiro atoms. The second-order valence-corrected chi connectivity index (χ2v) is 31.8. The van der Waals surface area contributed by atoms with E-state index in [1.165, 1.54) is 0 Å². The monoisotopic (exact) mass is 1690 g/mol. The number of hydrogen-bond acceptors (Lipinski definition) is 24. The first-order chi connectivity index (χ1) is 58.2. The molecule has 24 nitrogen and oxygen atoms in total. The smallest absolute Gasteiger partial charge is 0.311 e. The topological polar surface area (TPSA) is 316 Å². The van der Waals surface area contributed by atoms with Gasteiger partial charge in [-0.15, -0.1) is 0 Å². The summed E-state index contributed by atoms with van der Waals surface area (Å²) in [6, 6.07) is 0. The summed E-state index contributed by atoms with van der Waals surface area (Å²) in [4.78, 5) is 170. The molecule has 0 aliphatic carbocycles. The fraction of sp³-hybridized carbons (Fsp3) is 0.750. The van der Waals surface area contributed by atoms with Gasteiger partial charge in [0, 0.05) is 77.0 Å². The van der Waals surface area contributed by atoms with E-state index >= 15 is 0 Å². The van der Waals surface area contributed by atoms with E-state index in [4.69, 9.17) is 56.8 Å². The third-order valence-electron chi connectivity index (χ3n) is 20.4. The highest BCUT2D eigenvalue weighted by Gasteiger charge is 2.41. The maximum atomic E-state index is 14.4. The number of rotatable bonds is 75. The number of benzene rings is 2. The van der Waals surface area contributed by atoms with Crippen LogP contribution in [0.5, 0.6) is 69.0 Å². The van der Waals surface area contributed by atoms with Gasteiger partial charge in [0.15, 0.2) is 0 Å². The first kappa shape index (κ1) is 108. The van der Waals surface area contributed by atoms with Crippen LogP contribution in [0.2, 0.25) is 0 Å². The van der Waals surface area contributed by atoms with Gasteiger partial charge < -0.3 is 56.8 Å². The zero-order chi connectivity index (χ0) is 88.2. The van der Waals surface area contributed by atoms with Crippen molar-refractivity contribution in [3.05, 3.63) is 0 Å². The number of unbranched alkanes of at least 4 members (excludes halogenated alkanes) is 39. The van der Waals surface area contributed by atoms with Crippen molar-refractivity contribution in [2.75, 3.05) is 0 Å². The zero-order valence-electron chi connectivity index (χ0n) is 75.6. The van der Waals surface area contributed by atoms with Gasteiger partial charge in [0.1, 0.15) is 0 Å². The maximum Gasteiger partial charge on any atom is 0.311 e. The molecule has 2 aromatic carbocycles. The summed E-state index contributed by atoms with van der Waals surface area (Å²) in [6.45, 7) is 20.3. The lowest BCUT2D eigenvalue weighted by molar-refractivity contribution is -0.140. The molecule has 0 saturated heterocycles. The molecule has 0 fully saturated rings. The van der Waals surface area contributed by atoms with Crippen LogP contribution in [-0.4, -0.2) is 71.6 Å². The van der Waals surface area contributed by atoms with E-state index in [0.29, 0.717) is 154 Å². The molecule has 120 heavy (non-hydrogen) atoms. The van der Waals surface area contributed by atoms with Crippen molar-refractivity contribution in [3.8, 4) is 69.0 Å². The summed E-state index contributed by atoms with van der Waals surface area (Å²) in [7, 11) is 0. The quantitative estimate of drug-likeness (QED) is 0.0337. The average Bonchev–Trinajstić information content (AvgIpc) is 0.762. The van der Waals surface area contributed by atoms with Crippen molar-refractivity contribution in [2.45, 2.75) is 467 Å². The summed E-state index contributed by atoms with van der Waals surface area (Å²) < 4.78 is 73.2. The minimum atomic E-state index is -0.843. The molecule has 0 amide bonds. The lowest BCUT2D eigenvalue weighted by Crippen LogP contribution is -2.20. The van der Waals surface area contributed by atoms with Gasteiger partial charge in [0.2, 0.25) is 69.0 Å². The lowest BCUT2D eigenvalue weighted by Gasteiger charge is -2.23. The van der Waals surface area contributed by atoms with Crippen LogP contribution < -0.4 is 56.8 Å². The van der Waals surface area contributed by atoms with E-state index in [9.17, 15) is 57.5 Å². The Labute approximate surface area is 718 Å². The molecule has 2 rings (SSSR count). The number of esters is 12. The van der Waals surface area contributed by atoms with E-state index in [2.05, 4.69) is 0 Å². The Hall–Kier alpha value is -7.92. The SMILES string of the molecule is CCCCCCC(=O)Oc1c(OC(=O)CCCCCC)c(OC(=O)CCCCCC)c(OC(=O)CCCCCCCCCCCCC(=O)Oc2c(OC(=O)CCCCCC)c(OC(=O)CCCCCC)c(OC(=O)CCCCCC)c(OC(=O)CCCCCC)c2OC(=O)CCCCCC)c(OC(=O)CCCCCC)c1OC(=O)CCCCCC. The molecule has 0 saturated carbocycles. The van der Waals surface area contributed by atoms with Crippen LogP contribution in [0.15, 0.2) is 0 Å². The molecule has 0 heterocycles. The van der Waals surface area contributed by atoms with Gasteiger partial charge in [-0.25, -0.2) is 0 Å². The highest BCUT2D eigenvalue weighted by atomic mass is 16.7. The number of ether oxygens (including phenoxy) is 12. The van der Waals surface area contributed by atoms with E-state index in [1.807, 2.05) is 69.2 Å². The molecule has 0 aliphatic rings. The summed E-state index contributed by atoms with van der Waals surface area (Å²) >= 11 is 0. The van der Waals surface area contributed by atoms with Crippen molar-refractivity contribution in [2.24, 2.45) is 0 Å². The predicted molar refractivity (Wildman–Crippen MR) is 463 cm³/mol. The molecule has 0 radical (unpaired) electrons. The fourth-order valence-electron chi connectivity index (χ4n) is 13.2. The standard InChI is InChI=1S/C96H154O24/c1-11-21-31-49-61-73(97)109-85-87(111-75(99)63-51-33-23-13-3)91(115-79(103)67-55-37-27-17-7)95(92(116-80(104)68-56-38-28-18-8)88(85)112-76(100)64-52-34-24-14-4)119-83(107)71-59-47-45-43-41-42-44-46-48-60-72-84(108)120-96-93(117-81(105)69-57-39-29-19-9)89(113-77(101)65-53-35-25-15-5)86(110-74(98)62-50-32-22-12-2)90(114-78(102)66-54-36-26-16-6)94(96)118-82(106)70-58-40-30-20-10/h11-72H2,1-10H3. The van der Waals surface area contributed by atoms with Gasteiger partial charge in [0.05, 0.1) is 0 Å². The van der Waals surface area contributed by atoms with Crippen LogP contribution >= 0.6 is 0 Å². The van der Waals surface area contributed by atoms with Gasteiger partial charge in [-0.05, 0) is 77.0 Å². The molecule has 24 heteroatoms. The van der Waals surface area contributed by atoms with Gasteiger partial charge >= 0.3 is 71.6 Å². The van der Waals surface area contributed by atoms with Crippen LogP contribution in [-0.2, 0) is 57.5 Å². The molecule has 0 N–H and O–H groups in total. The van der Waals surface area contributed by atoms with Crippen molar-refractivity contribution >= 4 is 71.6 Å². The van der Waals surface area contributed by atoms with Crippen LogP contribution in [0.3, 0.4) is 0 Å². The van der Waals surface area contributed by atoms with E-state index in [-0.39, 0.29) is 77.0 Å². The minimum absolute atomic E-state index is 0.104. The fourth-order valence-corrected chi connectivity index (χ4v) is 13.2. The van der Waals surface area contributed by atoms with Gasteiger partial charge in [-0.3, -0.25) is 57.5 Å². The van der Waals surface area contributed by atoms with Crippen LogP contribution in [0, 0.1) is 0 Å². The Kier molecular flexibility index (Phi) is 63.6. The zero-order valence-corrected chi connectivity index (χ0v) is 75.6.